The first kappa shape index (κ1) is 14.5. The van der Waals surface area contributed by atoms with E-state index in [-0.39, 0.29) is 11.8 Å². The van der Waals surface area contributed by atoms with Crippen molar-refractivity contribution < 1.29 is 9.90 Å². The van der Waals surface area contributed by atoms with E-state index in [1.807, 2.05) is 23.6 Å². The van der Waals surface area contributed by atoms with Crippen LogP contribution in [0.2, 0.25) is 0 Å². The monoisotopic (exact) mass is 303 g/mol. The maximum Gasteiger partial charge on any atom is 0.223 e. The summed E-state index contributed by atoms with van der Waals surface area (Å²) in [6.45, 7) is 0.302. The van der Waals surface area contributed by atoms with Crippen molar-refractivity contribution in [3.05, 3.63) is 35.2 Å². The molecule has 112 valence electrons. The fourth-order valence-electron chi connectivity index (χ4n) is 3.07. The number of amides is 1. The first-order valence-corrected chi connectivity index (χ1v) is 8.55. The lowest BCUT2D eigenvalue weighted by atomic mass is 9.88. The summed E-state index contributed by atoms with van der Waals surface area (Å²) in [6, 6.07) is 8.05. The minimum absolute atomic E-state index is 0.105. The number of thiophene rings is 1. The minimum atomic E-state index is -0.631. The lowest BCUT2D eigenvalue weighted by molar-refractivity contribution is -0.126. The Hall–Kier alpha value is -1.39. The molecule has 1 amide bonds. The number of aliphatic hydroxyl groups excluding tert-OH is 1. The molecule has 2 aromatic rings. The third-order valence-corrected chi connectivity index (χ3v) is 5.30. The van der Waals surface area contributed by atoms with Gasteiger partial charge in [-0.2, -0.15) is 0 Å². The number of aliphatic hydroxyl groups is 1. The number of nitrogens with one attached hydrogen (secondary N) is 1. The zero-order valence-corrected chi connectivity index (χ0v) is 12.9. The van der Waals surface area contributed by atoms with Crippen molar-refractivity contribution in [2.75, 3.05) is 6.54 Å². The predicted molar refractivity (Wildman–Crippen MR) is 86.4 cm³/mol. The lowest BCUT2D eigenvalue weighted by Gasteiger charge is -2.21. The summed E-state index contributed by atoms with van der Waals surface area (Å²) in [5.74, 6) is 0.249. The summed E-state index contributed by atoms with van der Waals surface area (Å²) in [4.78, 5) is 12.1. The minimum Gasteiger partial charge on any atom is -0.387 e. The highest BCUT2D eigenvalue weighted by Crippen LogP contribution is 2.30. The van der Waals surface area contributed by atoms with Crippen molar-refractivity contribution in [1.29, 1.82) is 0 Å². The van der Waals surface area contributed by atoms with Gasteiger partial charge in [0.1, 0.15) is 0 Å². The Balaban J connectivity index is 1.61. The van der Waals surface area contributed by atoms with Crippen LogP contribution in [0.3, 0.4) is 0 Å². The zero-order chi connectivity index (χ0) is 14.7. The largest absolute Gasteiger partial charge is 0.387 e. The Morgan fingerprint density at radius 1 is 1.29 bits per heavy atom. The summed E-state index contributed by atoms with van der Waals surface area (Å²) in [7, 11) is 0. The number of rotatable bonds is 4. The molecule has 3 rings (SSSR count). The van der Waals surface area contributed by atoms with Crippen LogP contribution in [0.15, 0.2) is 29.6 Å². The lowest BCUT2D eigenvalue weighted by Crippen LogP contribution is -2.34. The molecule has 1 saturated carbocycles. The Bertz CT molecular complexity index is 616. The highest BCUT2D eigenvalue weighted by Gasteiger charge is 2.22. The van der Waals surface area contributed by atoms with E-state index in [2.05, 4.69) is 11.4 Å². The molecule has 2 N–H and O–H groups in total. The van der Waals surface area contributed by atoms with Crippen LogP contribution in [-0.4, -0.2) is 17.6 Å². The van der Waals surface area contributed by atoms with E-state index in [1.165, 1.54) is 11.1 Å². The molecule has 4 heteroatoms. The molecular formula is C17H21NO2S. The topological polar surface area (TPSA) is 49.3 Å². The smallest absolute Gasteiger partial charge is 0.223 e. The average molecular weight is 303 g/mol. The van der Waals surface area contributed by atoms with Gasteiger partial charge in [-0.15, -0.1) is 11.3 Å². The van der Waals surface area contributed by atoms with Crippen LogP contribution < -0.4 is 5.32 Å². The average Bonchev–Trinajstić information content (AvgIpc) is 2.97. The zero-order valence-electron chi connectivity index (χ0n) is 12.0. The molecule has 0 bridgehead atoms. The third kappa shape index (κ3) is 3.27. The molecule has 0 saturated heterocycles. The van der Waals surface area contributed by atoms with Crippen molar-refractivity contribution in [3.8, 4) is 0 Å². The molecule has 1 fully saturated rings. The van der Waals surface area contributed by atoms with Crippen LogP contribution in [0.5, 0.6) is 0 Å². The number of benzene rings is 1. The quantitative estimate of drug-likeness (QED) is 0.906. The van der Waals surface area contributed by atoms with Gasteiger partial charge >= 0.3 is 0 Å². The molecule has 1 aromatic heterocycles. The van der Waals surface area contributed by atoms with E-state index >= 15 is 0 Å². The highest BCUT2D eigenvalue weighted by atomic mass is 32.1. The SMILES string of the molecule is O=C(NCC(O)c1csc2ccccc12)C1CCCCC1. The Morgan fingerprint density at radius 2 is 2.05 bits per heavy atom. The molecule has 1 aromatic carbocycles. The van der Waals surface area contributed by atoms with Gasteiger partial charge in [-0.05, 0) is 29.7 Å². The molecule has 0 aliphatic heterocycles. The molecule has 0 radical (unpaired) electrons. The Kier molecular flexibility index (Phi) is 4.56. The summed E-state index contributed by atoms with van der Waals surface area (Å²) >= 11 is 1.63. The maximum atomic E-state index is 12.1. The first-order valence-electron chi connectivity index (χ1n) is 7.67. The van der Waals surface area contributed by atoms with Gasteiger partial charge in [-0.25, -0.2) is 0 Å². The summed E-state index contributed by atoms with van der Waals surface area (Å²) < 4.78 is 1.17. The fraction of sp³-hybridized carbons (Fsp3) is 0.471. The van der Waals surface area contributed by atoms with E-state index in [4.69, 9.17) is 0 Å². The van der Waals surface area contributed by atoms with Gasteiger partial charge in [-0.1, -0.05) is 37.5 Å². The molecule has 1 atom stereocenters. The molecule has 1 unspecified atom stereocenters. The van der Waals surface area contributed by atoms with Crippen molar-refractivity contribution >= 4 is 27.3 Å². The van der Waals surface area contributed by atoms with Crippen LogP contribution in [-0.2, 0) is 4.79 Å². The molecule has 1 heterocycles. The Morgan fingerprint density at radius 3 is 2.86 bits per heavy atom. The number of fused-ring (bicyclic) bond motifs is 1. The summed E-state index contributed by atoms with van der Waals surface area (Å²) in [5, 5.41) is 16.3. The summed E-state index contributed by atoms with van der Waals surface area (Å²) in [5.41, 5.74) is 0.916. The Labute approximate surface area is 129 Å². The van der Waals surface area contributed by atoms with Gasteiger partial charge in [0, 0.05) is 22.7 Å². The normalized spacial score (nSPS) is 17.8. The first-order chi connectivity index (χ1) is 10.3. The molecule has 1 aliphatic carbocycles. The van der Waals surface area contributed by atoms with Crippen LogP contribution >= 0.6 is 11.3 Å². The third-order valence-electron chi connectivity index (χ3n) is 4.32. The van der Waals surface area contributed by atoms with E-state index < -0.39 is 6.10 Å². The molecule has 0 spiro atoms. The van der Waals surface area contributed by atoms with Gasteiger partial charge in [-0.3, -0.25) is 4.79 Å². The van der Waals surface area contributed by atoms with Gasteiger partial charge in [0.15, 0.2) is 0 Å². The second kappa shape index (κ2) is 6.58. The second-order valence-corrected chi connectivity index (χ2v) is 6.69. The van der Waals surface area contributed by atoms with Gasteiger partial charge < -0.3 is 10.4 Å². The molecule has 1 aliphatic rings. The van der Waals surface area contributed by atoms with E-state index in [9.17, 15) is 9.90 Å². The van der Waals surface area contributed by atoms with Crippen molar-refractivity contribution in [1.82, 2.24) is 5.32 Å². The van der Waals surface area contributed by atoms with Crippen LogP contribution in [0.1, 0.15) is 43.8 Å². The molecule has 21 heavy (non-hydrogen) atoms. The van der Waals surface area contributed by atoms with Crippen molar-refractivity contribution in [2.45, 2.75) is 38.2 Å². The highest BCUT2D eigenvalue weighted by molar-refractivity contribution is 7.17. The number of carbonyl (C=O) groups excluding carboxylic acids is 1. The standard InChI is InChI=1S/C17H21NO2S/c19-15(10-18-17(20)12-6-2-1-3-7-12)14-11-21-16-9-5-4-8-13(14)16/h4-5,8-9,11-12,15,19H,1-3,6-7,10H2,(H,18,20). The molecular weight excluding hydrogens is 282 g/mol. The van der Waals surface area contributed by atoms with Crippen molar-refractivity contribution in [3.63, 3.8) is 0 Å². The van der Waals surface area contributed by atoms with Crippen LogP contribution in [0, 0.1) is 5.92 Å². The number of hydrogen-bond donors (Lipinski definition) is 2. The van der Waals surface area contributed by atoms with Crippen LogP contribution in [0.25, 0.3) is 10.1 Å². The van der Waals surface area contributed by atoms with Gasteiger partial charge in [0.2, 0.25) is 5.91 Å². The fourth-order valence-corrected chi connectivity index (χ4v) is 4.08. The van der Waals surface area contributed by atoms with Gasteiger partial charge in [0.25, 0.3) is 0 Å². The van der Waals surface area contributed by atoms with Crippen LogP contribution in [0.4, 0.5) is 0 Å². The number of hydrogen-bond acceptors (Lipinski definition) is 3. The number of carbonyl (C=O) groups is 1. The molecule has 3 nitrogen and oxygen atoms in total. The second-order valence-electron chi connectivity index (χ2n) is 5.78. The van der Waals surface area contributed by atoms with Gasteiger partial charge in [0.05, 0.1) is 6.10 Å². The van der Waals surface area contributed by atoms with E-state index in [0.29, 0.717) is 6.54 Å². The van der Waals surface area contributed by atoms with Crippen molar-refractivity contribution in [2.24, 2.45) is 5.92 Å². The summed E-state index contributed by atoms with van der Waals surface area (Å²) in [6.07, 6.45) is 4.89. The van der Waals surface area contributed by atoms with E-state index in [0.717, 1.165) is 36.6 Å². The van der Waals surface area contributed by atoms with E-state index in [1.54, 1.807) is 11.3 Å². The maximum absolute atomic E-state index is 12.1. The predicted octanol–water partition coefficient (Wildman–Crippen LogP) is 3.63.